The average Bonchev–Trinajstić information content (AvgIpc) is 3.25. The number of hydrogen-bond acceptors (Lipinski definition) is 5. The molecule has 4 N–H and O–H groups in total. The minimum absolute atomic E-state index is 0.0375. The van der Waals surface area contributed by atoms with E-state index >= 15 is 0 Å². The highest BCUT2D eigenvalue weighted by molar-refractivity contribution is 8.77. The maximum absolute atomic E-state index is 13.7. The first-order valence-electron chi connectivity index (χ1n) is 9.84. The third-order valence-electron chi connectivity index (χ3n) is 5.12. The van der Waals surface area contributed by atoms with Crippen molar-refractivity contribution in [3.63, 3.8) is 0 Å². The second-order valence-corrected chi connectivity index (χ2v) is 9.91. The number of nitrogens with two attached hydrogens (primary N) is 2. The van der Waals surface area contributed by atoms with Crippen molar-refractivity contribution in [2.75, 3.05) is 16.4 Å². The number of anilines is 2. The topological polar surface area (TPSA) is 89.4 Å². The van der Waals surface area contributed by atoms with Gasteiger partial charge in [0, 0.05) is 16.6 Å². The fourth-order valence-corrected chi connectivity index (χ4v) is 6.73. The van der Waals surface area contributed by atoms with Gasteiger partial charge < -0.3 is 16.4 Å². The van der Waals surface area contributed by atoms with Gasteiger partial charge in [0.2, 0.25) is 11.8 Å². The van der Waals surface area contributed by atoms with Crippen molar-refractivity contribution in [1.82, 2.24) is 0 Å². The summed E-state index contributed by atoms with van der Waals surface area (Å²) >= 11 is 0. The fraction of sp³-hybridized carbons (Fsp3) is 0.364. The number of primary amides is 1. The highest BCUT2D eigenvalue weighted by Gasteiger charge is 2.35. The second-order valence-electron chi connectivity index (χ2n) is 7.18. The van der Waals surface area contributed by atoms with Crippen LogP contribution in [0.15, 0.2) is 48.5 Å². The van der Waals surface area contributed by atoms with Gasteiger partial charge in [0.1, 0.15) is 0 Å². The third kappa shape index (κ3) is 5.28. The molecule has 0 aliphatic carbocycles. The van der Waals surface area contributed by atoms with E-state index in [4.69, 9.17) is 11.5 Å². The smallest absolute Gasteiger partial charge is 0.248 e. The largest absolute Gasteiger partial charge is 0.397 e. The van der Waals surface area contributed by atoms with Gasteiger partial charge in [0.25, 0.3) is 0 Å². The van der Waals surface area contributed by atoms with E-state index in [1.807, 2.05) is 58.0 Å². The van der Waals surface area contributed by atoms with Gasteiger partial charge in [-0.3, -0.25) is 9.59 Å². The van der Waals surface area contributed by atoms with Crippen molar-refractivity contribution in [2.45, 2.75) is 38.0 Å². The van der Waals surface area contributed by atoms with E-state index in [0.717, 1.165) is 36.3 Å². The maximum atomic E-state index is 13.7. The van der Waals surface area contributed by atoms with E-state index in [-0.39, 0.29) is 11.8 Å². The normalized spacial score (nSPS) is 17.1. The van der Waals surface area contributed by atoms with Crippen molar-refractivity contribution >= 4 is 44.8 Å². The molecule has 2 unspecified atom stereocenters. The van der Waals surface area contributed by atoms with Crippen molar-refractivity contribution in [2.24, 2.45) is 11.7 Å². The molecule has 0 aromatic heterocycles. The van der Waals surface area contributed by atoms with Crippen LogP contribution in [0.2, 0.25) is 0 Å². The Bertz CT molecular complexity index is 851. The highest BCUT2D eigenvalue weighted by atomic mass is 33.1. The lowest BCUT2D eigenvalue weighted by Crippen LogP contribution is -2.40. The lowest BCUT2D eigenvalue weighted by Gasteiger charge is -2.30. The summed E-state index contributed by atoms with van der Waals surface area (Å²) in [6.45, 7) is 2.52. The molecule has 154 valence electrons. The Hall–Kier alpha value is -2.12. The number of carbonyl (C=O) groups excluding carboxylic acids is 2. The molecular weight excluding hydrogens is 402 g/mol. The van der Waals surface area contributed by atoms with Gasteiger partial charge in [-0.15, -0.1) is 0 Å². The summed E-state index contributed by atoms with van der Waals surface area (Å²) in [6, 6.07) is 14.6. The van der Waals surface area contributed by atoms with E-state index in [0.29, 0.717) is 23.0 Å². The first kappa shape index (κ1) is 21.6. The van der Waals surface area contributed by atoms with E-state index < -0.39 is 5.91 Å². The number of nitrogen functional groups attached to an aromatic ring is 1. The van der Waals surface area contributed by atoms with Crippen LogP contribution in [0.4, 0.5) is 11.4 Å². The minimum Gasteiger partial charge on any atom is -0.397 e. The Morgan fingerprint density at radius 3 is 2.48 bits per heavy atom. The van der Waals surface area contributed by atoms with Crippen LogP contribution < -0.4 is 16.4 Å². The average molecular weight is 430 g/mol. The Morgan fingerprint density at radius 2 is 1.90 bits per heavy atom. The first-order chi connectivity index (χ1) is 14.0. The summed E-state index contributed by atoms with van der Waals surface area (Å²) < 4.78 is 0. The summed E-state index contributed by atoms with van der Waals surface area (Å²) in [7, 11) is 3.68. The maximum Gasteiger partial charge on any atom is 0.248 e. The van der Waals surface area contributed by atoms with Crippen LogP contribution in [0.1, 0.15) is 42.1 Å². The molecule has 0 radical (unpaired) electrons. The molecule has 0 bridgehead atoms. The SMILES string of the molecule is CCCC(C(=O)N(Cc1ccc(C(N)=O)cc1)c1ccccc1N)C1CCSS1. The van der Waals surface area contributed by atoms with Gasteiger partial charge in [0.05, 0.1) is 23.8 Å². The summed E-state index contributed by atoms with van der Waals surface area (Å²) in [6.07, 6.45) is 2.88. The van der Waals surface area contributed by atoms with Crippen LogP contribution in [0.3, 0.4) is 0 Å². The second kappa shape index (κ2) is 10.1. The lowest BCUT2D eigenvalue weighted by molar-refractivity contribution is -0.122. The fourth-order valence-electron chi connectivity index (χ4n) is 3.57. The van der Waals surface area contributed by atoms with Crippen LogP contribution in [-0.2, 0) is 11.3 Å². The molecule has 2 atom stereocenters. The summed E-state index contributed by atoms with van der Waals surface area (Å²) in [5.74, 6) is 0.703. The van der Waals surface area contributed by atoms with Gasteiger partial charge in [-0.25, -0.2) is 0 Å². The van der Waals surface area contributed by atoms with Gasteiger partial charge in [-0.05, 0) is 42.7 Å². The standard InChI is InChI=1S/C22H27N3O2S2/c1-2-5-17(20-12-13-28-29-20)22(27)25(19-7-4-3-6-18(19)23)14-15-8-10-16(11-9-15)21(24)26/h3-4,6-11,17,20H,2,5,12-14,23H2,1H3,(H2,24,26). The number of carbonyl (C=O) groups is 2. The number of benzene rings is 2. The Balaban J connectivity index is 1.92. The number of hydrogen-bond donors (Lipinski definition) is 2. The van der Waals surface area contributed by atoms with Gasteiger partial charge in [-0.2, -0.15) is 0 Å². The van der Waals surface area contributed by atoms with Crippen molar-refractivity contribution in [1.29, 1.82) is 0 Å². The molecule has 1 heterocycles. The molecule has 29 heavy (non-hydrogen) atoms. The van der Waals surface area contributed by atoms with E-state index in [9.17, 15) is 9.59 Å². The molecule has 2 aromatic rings. The van der Waals surface area contributed by atoms with Gasteiger partial charge >= 0.3 is 0 Å². The number of amides is 2. The predicted molar refractivity (Wildman–Crippen MR) is 124 cm³/mol. The molecule has 2 amide bonds. The molecule has 1 aliphatic heterocycles. The van der Waals surface area contributed by atoms with E-state index in [2.05, 4.69) is 6.92 Å². The monoisotopic (exact) mass is 429 g/mol. The molecule has 1 fully saturated rings. The number of rotatable bonds is 8. The molecule has 0 saturated carbocycles. The van der Waals surface area contributed by atoms with Gasteiger partial charge in [-0.1, -0.05) is 59.2 Å². The molecule has 1 saturated heterocycles. The van der Waals surface area contributed by atoms with Crippen molar-refractivity contribution < 1.29 is 9.59 Å². The Kier molecular flexibility index (Phi) is 7.50. The molecule has 3 rings (SSSR count). The molecule has 0 spiro atoms. The Morgan fingerprint density at radius 1 is 1.17 bits per heavy atom. The summed E-state index contributed by atoms with van der Waals surface area (Å²) in [5.41, 5.74) is 14.3. The zero-order chi connectivity index (χ0) is 20.8. The van der Waals surface area contributed by atoms with Crippen molar-refractivity contribution in [3.05, 3.63) is 59.7 Å². The molecule has 7 heteroatoms. The molecule has 2 aromatic carbocycles. The molecule has 1 aliphatic rings. The minimum atomic E-state index is -0.462. The lowest BCUT2D eigenvalue weighted by atomic mass is 9.95. The van der Waals surface area contributed by atoms with Crippen LogP contribution in [-0.4, -0.2) is 22.8 Å². The summed E-state index contributed by atoms with van der Waals surface area (Å²) in [5, 5.41) is 0.331. The van der Waals surface area contributed by atoms with Crippen LogP contribution in [0, 0.1) is 5.92 Å². The molecule has 5 nitrogen and oxygen atoms in total. The zero-order valence-corrected chi connectivity index (χ0v) is 18.2. The first-order valence-corrected chi connectivity index (χ1v) is 12.2. The van der Waals surface area contributed by atoms with Crippen LogP contribution in [0.25, 0.3) is 0 Å². The van der Waals surface area contributed by atoms with E-state index in [1.54, 1.807) is 17.0 Å². The zero-order valence-electron chi connectivity index (χ0n) is 16.5. The Labute approximate surface area is 180 Å². The van der Waals surface area contributed by atoms with E-state index in [1.165, 1.54) is 0 Å². The van der Waals surface area contributed by atoms with Crippen molar-refractivity contribution in [3.8, 4) is 0 Å². The molecular formula is C22H27N3O2S2. The van der Waals surface area contributed by atoms with Gasteiger partial charge in [0.15, 0.2) is 0 Å². The predicted octanol–water partition coefficient (Wildman–Crippen LogP) is 4.47. The summed E-state index contributed by atoms with van der Waals surface area (Å²) in [4.78, 5) is 26.9. The third-order valence-corrected chi connectivity index (χ3v) is 8.12. The highest BCUT2D eigenvalue weighted by Crippen LogP contribution is 2.43. The number of nitrogens with zero attached hydrogens (tertiary/aromatic N) is 1. The van der Waals surface area contributed by atoms with Crippen LogP contribution in [0.5, 0.6) is 0 Å². The quantitative estimate of drug-likeness (QED) is 0.477. The number of para-hydroxylation sites is 2. The van der Waals surface area contributed by atoms with Crippen LogP contribution >= 0.6 is 21.6 Å².